The second kappa shape index (κ2) is 7.47. The number of carbonyl (C=O) groups is 1. The summed E-state index contributed by atoms with van der Waals surface area (Å²) in [6.45, 7) is 2.17. The number of aliphatic hydroxyl groups excluding tert-OH is 1. The Morgan fingerprint density at radius 3 is 2.35 bits per heavy atom. The van der Waals surface area contributed by atoms with E-state index in [0.29, 0.717) is 25.1 Å². The molecule has 0 bridgehead atoms. The molecule has 1 fully saturated rings. The lowest BCUT2D eigenvalue weighted by molar-refractivity contribution is -0.123. The van der Waals surface area contributed by atoms with Crippen LogP contribution in [-0.4, -0.2) is 29.7 Å². The first-order valence-corrected chi connectivity index (χ1v) is 8.32. The van der Waals surface area contributed by atoms with E-state index in [1.165, 1.54) is 12.1 Å². The molecule has 26 heavy (non-hydrogen) atoms. The van der Waals surface area contributed by atoms with Crippen molar-refractivity contribution in [2.45, 2.75) is 31.5 Å². The molecule has 2 aromatic rings. The van der Waals surface area contributed by atoms with Crippen LogP contribution < -0.4 is 10.6 Å². The Morgan fingerprint density at radius 1 is 1.19 bits per heavy atom. The van der Waals surface area contributed by atoms with Crippen molar-refractivity contribution in [3.8, 4) is 11.1 Å². The highest BCUT2D eigenvalue weighted by Gasteiger charge is 2.28. The Bertz CT molecular complexity index is 788. The lowest BCUT2D eigenvalue weighted by Gasteiger charge is -2.18. The highest BCUT2D eigenvalue weighted by molar-refractivity contribution is 5.82. The number of hydrogen-bond donors (Lipinski definition) is 3. The second-order valence-electron chi connectivity index (χ2n) is 6.45. The van der Waals surface area contributed by atoms with Crippen molar-refractivity contribution >= 4 is 5.91 Å². The average Bonchev–Trinajstić information content (AvgIpc) is 3.01. The van der Waals surface area contributed by atoms with E-state index in [4.69, 9.17) is 0 Å². The molecular weight excluding hydrogens is 345 g/mol. The third-order valence-corrected chi connectivity index (χ3v) is 4.49. The molecule has 1 aliphatic rings. The minimum atomic E-state index is -0.970. The third-order valence-electron chi connectivity index (χ3n) is 4.49. The standard InChI is InChI=1S/C19H19F3N2O2/c1-10(24-19(26)17-8-14(25)9-23-17)11-2-4-12(5-3-11)18-15(21)6-13(20)7-16(18)22/h2-7,10,14,17,23,25H,8-9H2,1H3,(H,24,26)/t10-,14+,17-/m0/s1. The van der Waals surface area contributed by atoms with Crippen LogP contribution in [0.25, 0.3) is 11.1 Å². The lowest BCUT2D eigenvalue weighted by atomic mass is 10.00. The number of hydrogen-bond acceptors (Lipinski definition) is 3. The summed E-state index contributed by atoms with van der Waals surface area (Å²) in [5, 5.41) is 15.2. The molecule has 0 saturated carbocycles. The molecule has 7 heteroatoms. The highest BCUT2D eigenvalue weighted by Crippen LogP contribution is 2.28. The van der Waals surface area contributed by atoms with Crippen LogP contribution in [0.5, 0.6) is 0 Å². The molecular formula is C19H19F3N2O2. The van der Waals surface area contributed by atoms with Gasteiger partial charge in [-0.05, 0) is 24.5 Å². The number of carbonyl (C=O) groups excluding carboxylic acids is 1. The molecule has 1 amide bonds. The zero-order chi connectivity index (χ0) is 18.8. The Labute approximate surface area is 149 Å². The number of rotatable bonds is 4. The first kappa shape index (κ1) is 18.4. The van der Waals surface area contributed by atoms with Gasteiger partial charge in [0, 0.05) is 18.7 Å². The van der Waals surface area contributed by atoms with Crippen LogP contribution in [-0.2, 0) is 4.79 Å². The van der Waals surface area contributed by atoms with Crippen molar-refractivity contribution in [3.63, 3.8) is 0 Å². The second-order valence-corrected chi connectivity index (χ2v) is 6.45. The van der Waals surface area contributed by atoms with Crippen molar-refractivity contribution in [1.82, 2.24) is 10.6 Å². The topological polar surface area (TPSA) is 61.4 Å². The van der Waals surface area contributed by atoms with E-state index in [1.807, 2.05) is 0 Å². The van der Waals surface area contributed by atoms with Crippen LogP contribution in [0.15, 0.2) is 36.4 Å². The summed E-state index contributed by atoms with van der Waals surface area (Å²) in [6, 6.07) is 6.87. The largest absolute Gasteiger partial charge is 0.392 e. The fourth-order valence-electron chi connectivity index (χ4n) is 3.07. The summed E-state index contributed by atoms with van der Waals surface area (Å²) in [4.78, 5) is 12.2. The minimum Gasteiger partial charge on any atom is -0.392 e. The molecule has 1 heterocycles. The number of amides is 1. The normalized spacial score (nSPS) is 20.8. The first-order valence-electron chi connectivity index (χ1n) is 8.32. The Morgan fingerprint density at radius 2 is 1.81 bits per heavy atom. The summed E-state index contributed by atoms with van der Waals surface area (Å²) < 4.78 is 40.8. The number of halogens is 3. The van der Waals surface area contributed by atoms with Crippen LogP contribution in [0.1, 0.15) is 24.9 Å². The van der Waals surface area contributed by atoms with E-state index in [0.717, 1.165) is 5.56 Å². The molecule has 0 radical (unpaired) electrons. The maximum Gasteiger partial charge on any atom is 0.237 e. The molecule has 2 aromatic carbocycles. The highest BCUT2D eigenvalue weighted by atomic mass is 19.1. The number of nitrogens with one attached hydrogen (secondary N) is 2. The van der Waals surface area contributed by atoms with Gasteiger partial charge in [0.1, 0.15) is 17.5 Å². The zero-order valence-electron chi connectivity index (χ0n) is 14.1. The van der Waals surface area contributed by atoms with Gasteiger partial charge in [-0.2, -0.15) is 0 Å². The van der Waals surface area contributed by atoms with Crippen molar-refractivity contribution in [1.29, 1.82) is 0 Å². The smallest absolute Gasteiger partial charge is 0.237 e. The van der Waals surface area contributed by atoms with E-state index in [1.54, 1.807) is 19.1 Å². The third kappa shape index (κ3) is 3.89. The molecule has 3 atom stereocenters. The van der Waals surface area contributed by atoms with Crippen LogP contribution >= 0.6 is 0 Å². The van der Waals surface area contributed by atoms with Gasteiger partial charge in [-0.3, -0.25) is 4.79 Å². The quantitative estimate of drug-likeness (QED) is 0.782. The lowest BCUT2D eigenvalue weighted by Crippen LogP contribution is -2.41. The molecule has 0 unspecified atom stereocenters. The predicted octanol–water partition coefficient (Wildman–Crippen LogP) is 2.67. The molecule has 138 valence electrons. The van der Waals surface area contributed by atoms with Crippen molar-refractivity contribution in [2.75, 3.05) is 6.54 Å². The maximum absolute atomic E-state index is 13.9. The maximum atomic E-state index is 13.9. The van der Waals surface area contributed by atoms with Gasteiger partial charge in [-0.25, -0.2) is 13.2 Å². The SMILES string of the molecule is C[C@H](NC(=O)[C@@H]1C[C@@H](O)CN1)c1ccc(-c2c(F)cc(F)cc2F)cc1. The van der Waals surface area contributed by atoms with Gasteiger partial charge in [-0.15, -0.1) is 0 Å². The predicted molar refractivity (Wildman–Crippen MR) is 90.7 cm³/mol. The molecule has 3 rings (SSSR count). The van der Waals surface area contributed by atoms with Gasteiger partial charge in [0.15, 0.2) is 0 Å². The summed E-state index contributed by atoms with van der Waals surface area (Å²) >= 11 is 0. The Hall–Kier alpha value is -2.38. The summed E-state index contributed by atoms with van der Waals surface area (Å²) in [5.41, 5.74) is 0.741. The van der Waals surface area contributed by atoms with Crippen LogP contribution in [0.4, 0.5) is 13.2 Å². The average molecular weight is 364 g/mol. The van der Waals surface area contributed by atoms with Crippen molar-refractivity contribution < 1.29 is 23.1 Å². The van der Waals surface area contributed by atoms with Gasteiger partial charge in [0.25, 0.3) is 0 Å². The number of benzene rings is 2. The van der Waals surface area contributed by atoms with Gasteiger partial charge < -0.3 is 15.7 Å². The number of aliphatic hydroxyl groups is 1. The molecule has 1 aliphatic heterocycles. The Kier molecular flexibility index (Phi) is 5.29. The van der Waals surface area contributed by atoms with E-state index in [9.17, 15) is 23.1 Å². The monoisotopic (exact) mass is 364 g/mol. The molecule has 1 saturated heterocycles. The van der Waals surface area contributed by atoms with E-state index in [2.05, 4.69) is 10.6 Å². The zero-order valence-corrected chi connectivity index (χ0v) is 14.1. The van der Waals surface area contributed by atoms with Gasteiger partial charge in [-0.1, -0.05) is 24.3 Å². The summed E-state index contributed by atoms with van der Waals surface area (Å²) in [6.07, 6.45) is -0.165. The molecule has 3 N–H and O–H groups in total. The fourth-order valence-corrected chi connectivity index (χ4v) is 3.07. The molecule has 0 aromatic heterocycles. The van der Waals surface area contributed by atoms with Gasteiger partial charge >= 0.3 is 0 Å². The summed E-state index contributed by atoms with van der Waals surface area (Å²) in [5.74, 6) is -3.12. The van der Waals surface area contributed by atoms with E-state index >= 15 is 0 Å². The first-order chi connectivity index (χ1) is 12.3. The summed E-state index contributed by atoms with van der Waals surface area (Å²) in [7, 11) is 0. The fraction of sp³-hybridized carbons (Fsp3) is 0.316. The van der Waals surface area contributed by atoms with Gasteiger partial charge in [0.2, 0.25) is 5.91 Å². The van der Waals surface area contributed by atoms with Crippen molar-refractivity contribution in [2.24, 2.45) is 0 Å². The van der Waals surface area contributed by atoms with Crippen LogP contribution in [0.3, 0.4) is 0 Å². The molecule has 4 nitrogen and oxygen atoms in total. The van der Waals surface area contributed by atoms with E-state index < -0.39 is 29.6 Å². The van der Waals surface area contributed by atoms with Crippen LogP contribution in [0, 0.1) is 17.5 Å². The number of β-amino-alcohol motifs (C(OH)–C–C–N with tert-alkyl or cyclic N) is 1. The Balaban J connectivity index is 1.72. The molecule has 0 aliphatic carbocycles. The van der Waals surface area contributed by atoms with Crippen LogP contribution in [0.2, 0.25) is 0 Å². The molecule has 0 spiro atoms. The minimum absolute atomic E-state index is 0.214. The van der Waals surface area contributed by atoms with Gasteiger partial charge in [0.05, 0.1) is 23.8 Å². The van der Waals surface area contributed by atoms with E-state index in [-0.39, 0.29) is 23.1 Å². The van der Waals surface area contributed by atoms with Crippen molar-refractivity contribution in [3.05, 3.63) is 59.4 Å².